The molecule has 5 heteroatoms. The van der Waals surface area contributed by atoms with Crippen molar-refractivity contribution in [3.63, 3.8) is 0 Å². The monoisotopic (exact) mass is 200 g/mol. The molecule has 2 fully saturated rings. The molecule has 0 aromatic carbocycles. The van der Waals surface area contributed by atoms with E-state index in [2.05, 4.69) is 5.32 Å². The first-order valence-electron chi connectivity index (χ1n) is 5.05. The van der Waals surface area contributed by atoms with Gasteiger partial charge in [-0.15, -0.1) is 0 Å². The maximum Gasteiger partial charge on any atom is 0.317 e. The van der Waals surface area contributed by atoms with E-state index in [9.17, 15) is 4.79 Å². The zero-order valence-electron chi connectivity index (χ0n) is 8.36. The molecule has 0 spiro atoms. The Kier molecular flexibility index (Phi) is 2.88. The van der Waals surface area contributed by atoms with Crippen molar-refractivity contribution in [1.82, 2.24) is 10.2 Å². The molecule has 2 unspecified atom stereocenters. The van der Waals surface area contributed by atoms with E-state index in [1.807, 2.05) is 6.92 Å². The Morgan fingerprint density at radius 1 is 1.36 bits per heavy atom. The van der Waals surface area contributed by atoms with E-state index in [1.165, 1.54) is 0 Å². The SMILES string of the molecule is CCNC(=O)N(CC1CO1)CC1CO1. The molecule has 2 saturated heterocycles. The van der Waals surface area contributed by atoms with Gasteiger partial charge < -0.3 is 19.7 Å². The molecule has 2 aliphatic rings. The number of nitrogens with one attached hydrogen (secondary N) is 1. The Balaban J connectivity index is 1.78. The minimum atomic E-state index is -0.0153. The van der Waals surface area contributed by atoms with Crippen molar-refractivity contribution >= 4 is 6.03 Å². The van der Waals surface area contributed by atoms with Crippen LogP contribution in [0.1, 0.15) is 6.92 Å². The summed E-state index contributed by atoms with van der Waals surface area (Å²) in [7, 11) is 0. The van der Waals surface area contributed by atoms with Crippen molar-refractivity contribution in [1.29, 1.82) is 0 Å². The van der Waals surface area contributed by atoms with E-state index in [4.69, 9.17) is 9.47 Å². The summed E-state index contributed by atoms with van der Waals surface area (Å²) >= 11 is 0. The van der Waals surface area contributed by atoms with Gasteiger partial charge in [-0.25, -0.2) is 4.79 Å². The summed E-state index contributed by atoms with van der Waals surface area (Å²) in [6.07, 6.45) is 0.493. The molecular weight excluding hydrogens is 184 g/mol. The summed E-state index contributed by atoms with van der Waals surface area (Å²) in [4.78, 5) is 13.4. The second-order valence-corrected chi connectivity index (χ2v) is 3.65. The quantitative estimate of drug-likeness (QED) is 0.626. The first-order chi connectivity index (χ1) is 6.79. The van der Waals surface area contributed by atoms with Crippen LogP contribution in [0.2, 0.25) is 0 Å². The highest BCUT2D eigenvalue weighted by Crippen LogP contribution is 2.15. The fraction of sp³-hybridized carbons (Fsp3) is 0.889. The summed E-state index contributed by atoms with van der Waals surface area (Å²) < 4.78 is 10.2. The van der Waals surface area contributed by atoms with Crippen molar-refractivity contribution in [2.24, 2.45) is 0 Å². The highest BCUT2D eigenvalue weighted by atomic mass is 16.6. The van der Waals surface area contributed by atoms with Crippen molar-refractivity contribution in [3.05, 3.63) is 0 Å². The molecule has 0 bridgehead atoms. The molecule has 0 aromatic rings. The van der Waals surface area contributed by atoms with E-state index in [0.29, 0.717) is 19.6 Å². The maximum atomic E-state index is 11.6. The molecule has 1 N–H and O–H groups in total. The standard InChI is InChI=1S/C9H16N2O3/c1-2-10-9(12)11(3-7-5-13-7)4-8-6-14-8/h7-8H,2-6H2,1H3,(H,10,12). The minimum absolute atomic E-state index is 0.0153. The molecule has 2 amide bonds. The van der Waals surface area contributed by atoms with Crippen LogP contribution in [0.5, 0.6) is 0 Å². The summed E-state index contributed by atoms with van der Waals surface area (Å²) in [5, 5.41) is 2.79. The molecule has 80 valence electrons. The topological polar surface area (TPSA) is 57.4 Å². The molecular formula is C9H16N2O3. The van der Waals surface area contributed by atoms with Crippen molar-refractivity contribution in [2.45, 2.75) is 19.1 Å². The zero-order valence-corrected chi connectivity index (χ0v) is 8.36. The van der Waals surface area contributed by atoms with Crippen LogP contribution >= 0.6 is 0 Å². The number of epoxide rings is 2. The van der Waals surface area contributed by atoms with Gasteiger partial charge in [0.25, 0.3) is 0 Å². The normalized spacial score (nSPS) is 28.4. The number of hydrogen-bond donors (Lipinski definition) is 1. The lowest BCUT2D eigenvalue weighted by Gasteiger charge is -2.20. The van der Waals surface area contributed by atoms with E-state index in [1.54, 1.807) is 4.90 Å². The van der Waals surface area contributed by atoms with Crippen molar-refractivity contribution < 1.29 is 14.3 Å². The number of urea groups is 1. The number of amides is 2. The number of carbonyl (C=O) groups excluding carboxylic acids is 1. The largest absolute Gasteiger partial charge is 0.371 e. The molecule has 0 aliphatic carbocycles. The molecule has 2 aliphatic heterocycles. The average molecular weight is 200 g/mol. The van der Waals surface area contributed by atoms with Crippen LogP contribution in [0.3, 0.4) is 0 Å². The van der Waals surface area contributed by atoms with Crippen molar-refractivity contribution in [3.8, 4) is 0 Å². The third-order valence-corrected chi connectivity index (χ3v) is 2.27. The molecule has 0 aromatic heterocycles. The van der Waals surface area contributed by atoms with Gasteiger partial charge in [0.1, 0.15) is 0 Å². The van der Waals surface area contributed by atoms with Crippen molar-refractivity contribution in [2.75, 3.05) is 32.8 Å². The van der Waals surface area contributed by atoms with Gasteiger partial charge in [-0.3, -0.25) is 0 Å². The van der Waals surface area contributed by atoms with E-state index >= 15 is 0 Å². The minimum Gasteiger partial charge on any atom is -0.371 e. The van der Waals surface area contributed by atoms with E-state index in [-0.39, 0.29) is 18.2 Å². The summed E-state index contributed by atoms with van der Waals surface area (Å²) in [6, 6.07) is -0.0153. The van der Waals surface area contributed by atoms with Gasteiger partial charge in [0.05, 0.1) is 38.5 Å². The third kappa shape index (κ3) is 2.85. The summed E-state index contributed by atoms with van der Waals surface area (Å²) in [6.45, 7) is 5.50. The van der Waals surface area contributed by atoms with Gasteiger partial charge in [0.2, 0.25) is 0 Å². The molecule has 2 rings (SSSR count). The summed E-state index contributed by atoms with van der Waals surface area (Å²) in [5.41, 5.74) is 0. The number of nitrogens with zero attached hydrogens (tertiary/aromatic N) is 1. The Hall–Kier alpha value is -0.810. The molecule has 5 nitrogen and oxygen atoms in total. The highest BCUT2D eigenvalue weighted by molar-refractivity contribution is 5.74. The molecule has 0 saturated carbocycles. The van der Waals surface area contributed by atoms with Gasteiger partial charge in [-0.2, -0.15) is 0 Å². The number of ether oxygens (including phenoxy) is 2. The summed E-state index contributed by atoms with van der Waals surface area (Å²) in [5.74, 6) is 0. The Labute approximate surface area is 83.3 Å². The maximum absolute atomic E-state index is 11.6. The third-order valence-electron chi connectivity index (χ3n) is 2.27. The lowest BCUT2D eigenvalue weighted by molar-refractivity contribution is 0.185. The average Bonchev–Trinajstić information content (AvgIpc) is 2.97. The fourth-order valence-electron chi connectivity index (χ4n) is 1.34. The predicted octanol–water partition coefficient (Wildman–Crippen LogP) is -0.185. The second-order valence-electron chi connectivity index (χ2n) is 3.65. The van der Waals surface area contributed by atoms with Gasteiger partial charge >= 0.3 is 6.03 Å². The van der Waals surface area contributed by atoms with Gasteiger partial charge in [-0.1, -0.05) is 0 Å². The zero-order chi connectivity index (χ0) is 9.97. The molecule has 2 atom stereocenters. The number of rotatable bonds is 5. The van der Waals surface area contributed by atoms with Crippen LogP contribution in [0, 0.1) is 0 Å². The Morgan fingerprint density at radius 3 is 2.21 bits per heavy atom. The van der Waals surface area contributed by atoms with Gasteiger partial charge in [0.15, 0.2) is 0 Å². The first-order valence-corrected chi connectivity index (χ1v) is 5.05. The molecule has 0 radical (unpaired) electrons. The number of hydrogen-bond acceptors (Lipinski definition) is 3. The van der Waals surface area contributed by atoms with E-state index in [0.717, 1.165) is 13.2 Å². The van der Waals surface area contributed by atoms with Crippen LogP contribution in [-0.4, -0.2) is 56.0 Å². The Bertz CT molecular complexity index is 200. The first kappa shape index (κ1) is 9.73. The predicted molar refractivity (Wildman–Crippen MR) is 50.1 cm³/mol. The second kappa shape index (κ2) is 4.14. The highest BCUT2D eigenvalue weighted by Gasteiger charge is 2.32. The van der Waals surface area contributed by atoms with Crippen LogP contribution in [0.4, 0.5) is 4.79 Å². The number of carbonyl (C=O) groups is 1. The van der Waals surface area contributed by atoms with Crippen LogP contribution in [-0.2, 0) is 9.47 Å². The van der Waals surface area contributed by atoms with Crippen LogP contribution in [0.15, 0.2) is 0 Å². The molecule has 2 heterocycles. The lowest BCUT2D eigenvalue weighted by atomic mass is 10.3. The molecule has 14 heavy (non-hydrogen) atoms. The van der Waals surface area contributed by atoms with E-state index < -0.39 is 0 Å². The lowest BCUT2D eigenvalue weighted by Crippen LogP contribution is -2.43. The Morgan fingerprint density at radius 2 is 1.86 bits per heavy atom. The van der Waals surface area contributed by atoms with Gasteiger partial charge in [-0.05, 0) is 6.92 Å². The van der Waals surface area contributed by atoms with Gasteiger partial charge in [0, 0.05) is 6.54 Å². The fourth-order valence-corrected chi connectivity index (χ4v) is 1.34. The van der Waals surface area contributed by atoms with Crippen LogP contribution in [0.25, 0.3) is 0 Å². The smallest absolute Gasteiger partial charge is 0.317 e. The van der Waals surface area contributed by atoms with Crippen LogP contribution < -0.4 is 5.32 Å².